The third-order valence-electron chi connectivity index (χ3n) is 3.11. The number of likely N-dealkylation sites (tertiary alicyclic amines) is 1. The van der Waals surface area contributed by atoms with Gasteiger partial charge in [0.2, 0.25) is 0 Å². The summed E-state index contributed by atoms with van der Waals surface area (Å²) in [5.41, 5.74) is 1.59. The quantitative estimate of drug-likeness (QED) is 0.903. The molecule has 5 nitrogen and oxygen atoms in total. The van der Waals surface area contributed by atoms with Gasteiger partial charge >= 0.3 is 6.09 Å². The van der Waals surface area contributed by atoms with Gasteiger partial charge in [0.05, 0.1) is 0 Å². The van der Waals surface area contributed by atoms with Gasteiger partial charge in [-0.25, -0.2) is 4.79 Å². The number of amides is 1. The zero-order chi connectivity index (χ0) is 14.8. The van der Waals surface area contributed by atoms with Gasteiger partial charge in [-0.15, -0.1) is 0 Å². The van der Waals surface area contributed by atoms with Crippen LogP contribution in [0.5, 0.6) is 0 Å². The first-order valence-corrected chi connectivity index (χ1v) is 7.00. The first kappa shape index (κ1) is 14.6. The number of carbonyl (C=O) groups excluding carboxylic acids is 1. The summed E-state index contributed by atoms with van der Waals surface area (Å²) in [4.78, 5) is 17.9. The van der Waals surface area contributed by atoms with Crippen molar-refractivity contribution in [2.75, 3.05) is 18.4 Å². The molecule has 0 aromatic carbocycles. The van der Waals surface area contributed by atoms with E-state index in [9.17, 15) is 4.79 Å². The fourth-order valence-electron chi connectivity index (χ4n) is 2.24. The molecule has 110 valence electrons. The maximum Gasteiger partial charge on any atom is 0.410 e. The van der Waals surface area contributed by atoms with Crippen molar-refractivity contribution in [2.24, 2.45) is 0 Å². The Hall–Kier alpha value is -1.78. The van der Waals surface area contributed by atoms with Gasteiger partial charge in [-0.1, -0.05) is 0 Å². The van der Waals surface area contributed by atoms with Crippen LogP contribution in [0.15, 0.2) is 18.3 Å². The topological polar surface area (TPSA) is 54.5 Å². The largest absolute Gasteiger partial charge is 0.444 e. The van der Waals surface area contributed by atoms with E-state index < -0.39 is 5.60 Å². The summed E-state index contributed by atoms with van der Waals surface area (Å²) >= 11 is 0. The molecule has 1 aliphatic heterocycles. The molecule has 0 bridgehead atoms. The molecule has 5 heteroatoms. The van der Waals surface area contributed by atoms with Gasteiger partial charge in [-0.2, -0.15) is 0 Å². The van der Waals surface area contributed by atoms with E-state index >= 15 is 0 Å². The number of nitrogens with zero attached hydrogens (tertiary/aromatic N) is 2. The zero-order valence-electron chi connectivity index (χ0n) is 12.6. The van der Waals surface area contributed by atoms with E-state index in [-0.39, 0.29) is 12.1 Å². The van der Waals surface area contributed by atoms with Crippen LogP contribution < -0.4 is 5.32 Å². The molecule has 1 atom stereocenters. The standard InChI is InChI=1S/C15H23N3O2/c1-11-9-12(5-7-16-11)17-13-6-8-18(10-13)14(19)20-15(2,3)4/h5,7,9,13H,6,8,10H2,1-4H3,(H,16,17)/t13-/m1/s1. The number of hydrogen-bond donors (Lipinski definition) is 1. The lowest BCUT2D eigenvalue weighted by atomic mass is 10.2. The highest BCUT2D eigenvalue weighted by molar-refractivity contribution is 5.68. The molecule has 1 fully saturated rings. The number of aryl methyl sites for hydroxylation is 1. The lowest BCUT2D eigenvalue weighted by molar-refractivity contribution is 0.0293. The molecule has 0 unspecified atom stereocenters. The fraction of sp³-hybridized carbons (Fsp3) is 0.600. The summed E-state index contributed by atoms with van der Waals surface area (Å²) in [5.74, 6) is 0. The third-order valence-corrected chi connectivity index (χ3v) is 3.11. The molecule has 0 spiro atoms. The highest BCUT2D eigenvalue weighted by Crippen LogP contribution is 2.18. The number of nitrogens with one attached hydrogen (secondary N) is 1. The van der Waals surface area contributed by atoms with E-state index in [1.807, 2.05) is 39.8 Å². The predicted octanol–water partition coefficient (Wildman–Crippen LogP) is 2.81. The van der Waals surface area contributed by atoms with Crippen LogP contribution in [0.3, 0.4) is 0 Å². The van der Waals surface area contributed by atoms with Gasteiger partial charge in [-0.05, 0) is 46.2 Å². The van der Waals surface area contributed by atoms with Crippen LogP contribution in [0.25, 0.3) is 0 Å². The summed E-state index contributed by atoms with van der Waals surface area (Å²) in [6.07, 6.45) is 2.49. The highest BCUT2D eigenvalue weighted by atomic mass is 16.6. The van der Waals surface area contributed by atoms with Crippen molar-refractivity contribution in [2.45, 2.75) is 45.8 Å². The second kappa shape index (κ2) is 5.69. The van der Waals surface area contributed by atoms with Crippen molar-refractivity contribution in [3.63, 3.8) is 0 Å². The number of hydrogen-bond acceptors (Lipinski definition) is 4. The minimum Gasteiger partial charge on any atom is -0.444 e. The van der Waals surface area contributed by atoms with E-state index in [1.54, 1.807) is 11.1 Å². The molecule has 1 aliphatic rings. The van der Waals surface area contributed by atoms with Crippen LogP contribution in [0, 0.1) is 6.92 Å². The average Bonchev–Trinajstić information content (AvgIpc) is 2.75. The molecule has 1 aromatic rings. The summed E-state index contributed by atoms with van der Waals surface area (Å²) in [6, 6.07) is 4.23. The fourth-order valence-corrected chi connectivity index (χ4v) is 2.24. The number of pyridine rings is 1. The second-order valence-electron chi connectivity index (χ2n) is 6.24. The molecular weight excluding hydrogens is 254 g/mol. The lowest BCUT2D eigenvalue weighted by Crippen LogP contribution is -2.36. The Balaban J connectivity index is 1.88. The van der Waals surface area contributed by atoms with E-state index in [0.29, 0.717) is 6.54 Å². The lowest BCUT2D eigenvalue weighted by Gasteiger charge is -2.24. The molecular formula is C15H23N3O2. The van der Waals surface area contributed by atoms with Crippen LogP contribution in [-0.2, 0) is 4.74 Å². The maximum absolute atomic E-state index is 12.0. The van der Waals surface area contributed by atoms with Gasteiger partial charge < -0.3 is 15.0 Å². The van der Waals surface area contributed by atoms with Gasteiger partial charge in [-0.3, -0.25) is 4.98 Å². The number of aromatic nitrogens is 1. The number of carbonyl (C=O) groups is 1. The second-order valence-corrected chi connectivity index (χ2v) is 6.24. The number of ether oxygens (including phenoxy) is 1. The molecule has 0 radical (unpaired) electrons. The van der Waals surface area contributed by atoms with Gasteiger partial charge in [0, 0.05) is 36.7 Å². The smallest absolute Gasteiger partial charge is 0.410 e. The Morgan fingerprint density at radius 2 is 2.25 bits per heavy atom. The minimum atomic E-state index is -0.440. The van der Waals surface area contributed by atoms with Crippen LogP contribution in [0.1, 0.15) is 32.9 Å². The third kappa shape index (κ3) is 4.11. The van der Waals surface area contributed by atoms with Crippen molar-refractivity contribution in [3.05, 3.63) is 24.0 Å². The van der Waals surface area contributed by atoms with Crippen molar-refractivity contribution in [3.8, 4) is 0 Å². The first-order valence-electron chi connectivity index (χ1n) is 7.00. The Kier molecular flexibility index (Phi) is 4.16. The molecule has 1 aromatic heterocycles. The van der Waals surface area contributed by atoms with Crippen LogP contribution >= 0.6 is 0 Å². The van der Waals surface area contributed by atoms with Gasteiger partial charge in [0.1, 0.15) is 5.60 Å². The predicted molar refractivity (Wildman–Crippen MR) is 78.8 cm³/mol. The molecule has 0 saturated carbocycles. The molecule has 2 heterocycles. The van der Waals surface area contributed by atoms with E-state index in [1.165, 1.54) is 0 Å². The summed E-state index contributed by atoms with van der Waals surface area (Å²) < 4.78 is 5.39. The maximum atomic E-state index is 12.0. The van der Waals surface area contributed by atoms with E-state index in [4.69, 9.17) is 4.74 Å². The van der Waals surface area contributed by atoms with Crippen molar-refractivity contribution in [1.29, 1.82) is 0 Å². The van der Waals surface area contributed by atoms with Gasteiger partial charge in [0.25, 0.3) is 0 Å². The Morgan fingerprint density at radius 3 is 2.90 bits per heavy atom. The summed E-state index contributed by atoms with van der Waals surface area (Å²) in [7, 11) is 0. The molecule has 2 rings (SSSR count). The monoisotopic (exact) mass is 277 g/mol. The molecule has 0 aliphatic carbocycles. The molecule has 1 amide bonds. The normalized spacial score (nSPS) is 19.0. The SMILES string of the molecule is Cc1cc(N[C@@H]2CCN(C(=O)OC(C)(C)C)C2)ccn1. The Morgan fingerprint density at radius 1 is 1.50 bits per heavy atom. The highest BCUT2D eigenvalue weighted by Gasteiger charge is 2.29. The Labute approximate surface area is 120 Å². The zero-order valence-corrected chi connectivity index (χ0v) is 12.6. The average molecular weight is 277 g/mol. The molecule has 20 heavy (non-hydrogen) atoms. The van der Waals surface area contributed by atoms with Crippen LogP contribution in [0.2, 0.25) is 0 Å². The van der Waals surface area contributed by atoms with Crippen molar-refractivity contribution < 1.29 is 9.53 Å². The molecule has 1 saturated heterocycles. The molecule has 1 N–H and O–H groups in total. The number of rotatable bonds is 2. The first-order chi connectivity index (χ1) is 9.33. The Bertz CT molecular complexity index is 482. The van der Waals surface area contributed by atoms with E-state index in [2.05, 4.69) is 10.3 Å². The summed E-state index contributed by atoms with van der Waals surface area (Å²) in [5, 5.41) is 3.44. The summed E-state index contributed by atoms with van der Waals surface area (Å²) in [6.45, 7) is 9.03. The van der Waals surface area contributed by atoms with Gasteiger partial charge in [0.15, 0.2) is 0 Å². The van der Waals surface area contributed by atoms with Crippen molar-refractivity contribution >= 4 is 11.8 Å². The number of anilines is 1. The van der Waals surface area contributed by atoms with Crippen LogP contribution in [-0.4, -0.2) is 40.7 Å². The minimum absolute atomic E-state index is 0.229. The van der Waals surface area contributed by atoms with E-state index in [0.717, 1.165) is 24.3 Å². The van der Waals surface area contributed by atoms with Crippen molar-refractivity contribution in [1.82, 2.24) is 9.88 Å². The van der Waals surface area contributed by atoms with Crippen LogP contribution in [0.4, 0.5) is 10.5 Å².